The molecule has 0 radical (unpaired) electrons. The predicted octanol–water partition coefficient (Wildman–Crippen LogP) is 1.68. The Morgan fingerprint density at radius 3 is 2.52 bits per heavy atom. The lowest BCUT2D eigenvalue weighted by molar-refractivity contribution is -0.136. The Labute approximate surface area is 125 Å². The molecule has 2 amide bonds. The van der Waals surface area contributed by atoms with Crippen LogP contribution < -0.4 is 15.5 Å². The van der Waals surface area contributed by atoms with Crippen molar-refractivity contribution >= 4 is 17.7 Å². The van der Waals surface area contributed by atoms with Gasteiger partial charge in [0.05, 0.1) is 6.42 Å². The van der Waals surface area contributed by atoms with Gasteiger partial charge in [0, 0.05) is 18.8 Å². The van der Waals surface area contributed by atoms with Crippen molar-refractivity contribution in [2.45, 2.75) is 19.8 Å². The Morgan fingerprint density at radius 1 is 1.19 bits per heavy atom. The Kier molecular flexibility index (Phi) is 7.89. The third-order valence-corrected chi connectivity index (χ3v) is 2.92. The number of amides is 2. The molecule has 0 heterocycles. The van der Waals surface area contributed by atoms with Crippen molar-refractivity contribution in [3.8, 4) is 0 Å². The van der Waals surface area contributed by atoms with E-state index in [2.05, 4.69) is 10.6 Å². The van der Waals surface area contributed by atoms with Crippen LogP contribution in [0.3, 0.4) is 0 Å². The van der Waals surface area contributed by atoms with Gasteiger partial charge in [-0.25, -0.2) is 4.79 Å². The number of para-hydroxylation sites is 1. The van der Waals surface area contributed by atoms with Gasteiger partial charge in [0.15, 0.2) is 0 Å². The predicted molar refractivity (Wildman–Crippen MR) is 82.6 cm³/mol. The highest BCUT2D eigenvalue weighted by Gasteiger charge is 2.16. The average Bonchev–Trinajstić information content (AvgIpc) is 2.48. The van der Waals surface area contributed by atoms with E-state index >= 15 is 0 Å². The molecule has 0 aliphatic rings. The molecule has 0 saturated heterocycles. The van der Waals surface area contributed by atoms with Gasteiger partial charge in [-0.3, -0.25) is 9.69 Å². The van der Waals surface area contributed by atoms with E-state index < -0.39 is 5.97 Å². The monoisotopic (exact) mass is 293 g/mol. The summed E-state index contributed by atoms with van der Waals surface area (Å²) in [6, 6.07) is 8.81. The molecule has 0 saturated carbocycles. The molecule has 0 aliphatic heterocycles. The van der Waals surface area contributed by atoms with E-state index in [1.807, 2.05) is 25.1 Å². The third kappa shape index (κ3) is 6.76. The van der Waals surface area contributed by atoms with Gasteiger partial charge >= 0.3 is 12.0 Å². The van der Waals surface area contributed by atoms with Crippen LogP contribution in [0.2, 0.25) is 0 Å². The molecule has 0 atom stereocenters. The molecule has 1 aromatic carbocycles. The van der Waals surface area contributed by atoms with Crippen LogP contribution in [0, 0.1) is 0 Å². The second-order valence-electron chi connectivity index (χ2n) is 4.57. The van der Waals surface area contributed by atoms with Crippen molar-refractivity contribution in [3.63, 3.8) is 0 Å². The molecular formula is C15H23N3O3. The number of carboxylic acid groups (broad SMARTS) is 1. The number of nitrogens with one attached hydrogen (secondary N) is 2. The van der Waals surface area contributed by atoms with Crippen LogP contribution in [0.5, 0.6) is 0 Å². The number of rotatable bonds is 9. The lowest BCUT2D eigenvalue weighted by Crippen LogP contribution is -2.42. The van der Waals surface area contributed by atoms with E-state index in [0.717, 1.165) is 19.5 Å². The number of hydrogen-bond acceptors (Lipinski definition) is 3. The maximum absolute atomic E-state index is 12.2. The lowest BCUT2D eigenvalue weighted by atomic mass is 10.2. The summed E-state index contributed by atoms with van der Waals surface area (Å²) in [7, 11) is 0. The Hall–Kier alpha value is -2.08. The van der Waals surface area contributed by atoms with Gasteiger partial charge in [0.25, 0.3) is 0 Å². The fourth-order valence-electron chi connectivity index (χ4n) is 1.84. The number of carbonyl (C=O) groups is 2. The Bertz CT molecular complexity index is 437. The van der Waals surface area contributed by atoms with Gasteiger partial charge < -0.3 is 15.7 Å². The van der Waals surface area contributed by atoms with Crippen LogP contribution in [0.15, 0.2) is 30.3 Å². The number of aliphatic carboxylic acids is 1. The first-order chi connectivity index (χ1) is 10.1. The molecule has 116 valence electrons. The highest BCUT2D eigenvalue weighted by atomic mass is 16.4. The molecule has 21 heavy (non-hydrogen) atoms. The first-order valence-electron chi connectivity index (χ1n) is 7.18. The lowest BCUT2D eigenvalue weighted by Gasteiger charge is -2.22. The molecule has 0 fully saturated rings. The van der Waals surface area contributed by atoms with Crippen molar-refractivity contribution in [2.75, 3.05) is 31.1 Å². The summed E-state index contributed by atoms with van der Waals surface area (Å²) in [6.07, 6.45) is 0.751. The third-order valence-electron chi connectivity index (χ3n) is 2.92. The molecule has 3 N–H and O–H groups in total. The number of urea groups is 1. The molecule has 6 nitrogen and oxygen atoms in total. The minimum absolute atomic E-state index is 0.0836. The van der Waals surface area contributed by atoms with Crippen LogP contribution in [0.1, 0.15) is 19.8 Å². The fraction of sp³-hybridized carbons (Fsp3) is 0.467. The van der Waals surface area contributed by atoms with Crippen LogP contribution >= 0.6 is 0 Å². The van der Waals surface area contributed by atoms with E-state index in [0.29, 0.717) is 12.2 Å². The fourth-order valence-corrected chi connectivity index (χ4v) is 1.84. The number of anilines is 1. The highest BCUT2D eigenvalue weighted by molar-refractivity contribution is 5.92. The SMILES string of the molecule is CCNCCCNC(=O)N(CCC(=O)O)c1ccccc1. The molecule has 0 bridgehead atoms. The summed E-state index contributed by atoms with van der Waals surface area (Å²) in [5.41, 5.74) is 0.697. The van der Waals surface area contributed by atoms with Crippen molar-refractivity contribution in [1.29, 1.82) is 0 Å². The normalized spacial score (nSPS) is 10.1. The van der Waals surface area contributed by atoms with Crippen LogP contribution in [-0.4, -0.2) is 43.3 Å². The maximum Gasteiger partial charge on any atom is 0.321 e. The van der Waals surface area contributed by atoms with Crippen LogP contribution in [-0.2, 0) is 4.79 Å². The Morgan fingerprint density at radius 2 is 1.90 bits per heavy atom. The summed E-state index contributed by atoms with van der Waals surface area (Å²) in [4.78, 5) is 24.4. The van der Waals surface area contributed by atoms with Gasteiger partial charge in [-0.2, -0.15) is 0 Å². The summed E-state index contributed by atoms with van der Waals surface area (Å²) in [6.45, 7) is 4.49. The number of carbonyl (C=O) groups excluding carboxylic acids is 1. The zero-order valence-electron chi connectivity index (χ0n) is 12.3. The zero-order valence-corrected chi connectivity index (χ0v) is 12.3. The molecule has 6 heteroatoms. The summed E-state index contributed by atoms with van der Waals surface area (Å²) in [5, 5.41) is 14.8. The number of nitrogens with zero attached hydrogens (tertiary/aromatic N) is 1. The molecule has 1 rings (SSSR count). The summed E-state index contributed by atoms with van der Waals surface area (Å²) < 4.78 is 0. The summed E-state index contributed by atoms with van der Waals surface area (Å²) in [5.74, 6) is -0.920. The van der Waals surface area contributed by atoms with Gasteiger partial charge in [-0.15, -0.1) is 0 Å². The smallest absolute Gasteiger partial charge is 0.321 e. The topological polar surface area (TPSA) is 81.7 Å². The number of hydrogen-bond donors (Lipinski definition) is 3. The van der Waals surface area contributed by atoms with Gasteiger partial charge in [-0.1, -0.05) is 25.1 Å². The number of carboxylic acids is 1. The second kappa shape index (κ2) is 9.77. The minimum atomic E-state index is -0.920. The van der Waals surface area contributed by atoms with Gasteiger partial charge in [0.2, 0.25) is 0 Å². The van der Waals surface area contributed by atoms with Crippen molar-refractivity contribution in [3.05, 3.63) is 30.3 Å². The molecule has 0 spiro atoms. The largest absolute Gasteiger partial charge is 0.481 e. The molecular weight excluding hydrogens is 270 g/mol. The van der Waals surface area contributed by atoms with E-state index in [1.165, 1.54) is 4.90 Å². The van der Waals surface area contributed by atoms with Gasteiger partial charge in [0.1, 0.15) is 0 Å². The first kappa shape index (κ1) is 17.0. The quantitative estimate of drug-likeness (QED) is 0.605. The Balaban J connectivity index is 2.55. The van der Waals surface area contributed by atoms with Crippen LogP contribution in [0.25, 0.3) is 0 Å². The zero-order chi connectivity index (χ0) is 15.5. The average molecular weight is 293 g/mol. The minimum Gasteiger partial charge on any atom is -0.481 e. The molecule has 1 aromatic rings. The molecule has 0 unspecified atom stereocenters. The molecule has 0 aromatic heterocycles. The van der Waals surface area contributed by atoms with Crippen molar-refractivity contribution < 1.29 is 14.7 Å². The van der Waals surface area contributed by atoms with E-state index in [1.54, 1.807) is 12.1 Å². The maximum atomic E-state index is 12.2. The number of benzene rings is 1. The second-order valence-corrected chi connectivity index (χ2v) is 4.57. The standard InChI is InChI=1S/C15H23N3O3/c1-2-16-10-6-11-17-15(21)18(12-9-14(19)20)13-7-4-3-5-8-13/h3-5,7-8,16H,2,6,9-12H2,1H3,(H,17,21)(H,19,20). The van der Waals surface area contributed by atoms with E-state index in [-0.39, 0.29) is 19.0 Å². The highest BCUT2D eigenvalue weighted by Crippen LogP contribution is 2.13. The summed E-state index contributed by atoms with van der Waals surface area (Å²) >= 11 is 0. The van der Waals surface area contributed by atoms with Crippen molar-refractivity contribution in [2.24, 2.45) is 0 Å². The van der Waals surface area contributed by atoms with Crippen LogP contribution in [0.4, 0.5) is 10.5 Å². The first-order valence-corrected chi connectivity index (χ1v) is 7.18. The van der Waals surface area contributed by atoms with E-state index in [9.17, 15) is 9.59 Å². The van der Waals surface area contributed by atoms with Crippen molar-refractivity contribution in [1.82, 2.24) is 10.6 Å². The molecule has 0 aliphatic carbocycles. The van der Waals surface area contributed by atoms with Gasteiger partial charge in [-0.05, 0) is 31.6 Å². The van der Waals surface area contributed by atoms with E-state index in [4.69, 9.17) is 5.11 Å².